The molecule has 1 unspecified atom stereocenters. The molecule has 5 nitrogen and oxygen atoms in total. The molecule has 0 aromatic carbocycles. The topological polar surface area (TPSA) is 49.3 Å². The van der Waals surface area contributed by atoms with Crippen molar-refractivity contribution in [1.82, 2.24) is 14.9 Å². The van der Waals surface area contributed by atoms with Crippen LogP contribution in [0.4, 0.5) is 5.82 Å². The van der Waals surface area contributed by atoms with Crippen LogP contribution in [0, 0.1) is 6.92 Å². The minimum atomic E-state index is -0.0147. The highest BCUT2D eigenvalue weighted by molar-refractivity contribution is 7.11. The van der Waals surface area contributed by atoms with Crippen molar-refractivity contribution in [3.05, 3.63) is 39.5 Å². The molecule has 0 spiro atoms. The Hall–Kier alpha value is -1.95. The van der Waals surface area contributed by atoms with Gasteiger partial charge in [-0.05, 0) is 38.8 Å². The van der Waals surface area contributed by atoms with Crippen LogP contribution in [0.3, 0.4) is 0 Å². The van der Waals surface area contributed by atoms with Gasteiger partial charge in [0.15, 0.2) is 0 Å². The molecule has 140 valence electrons. The number of pyridine rings is 1. The third-order valence-corrected chi connectivity index (χ3v) is 6.67. The van der Waals surface area contributed by atoms with Crippen LogP contribution in [0.2, 0.25) is 0 Å². The summed E-state index contributed by atoms with van der Waals surface area (Å²) in [5.74, 6) is 1.24. The van der Waals surface area contributed by atoms with Gasteiger partial charge in [-0.15, -0.1) is 11.3 Å². The predicted molar refractivity (Wildman–Crippen MR) is 107 cm³/mol. The number of carbonyl (C=O) groups excluding carboxylic acids is 1. The Labute approximate surface area is 160 Å². The quantitative estimate of drug-likeness (QED) is 0.780. The fourth-order valence-corrected chi connectivity index (χ4v) is 4.52. The largest absolute Gasteiger partial charge is 0.356 e. The molecular weight excluding hydrogens is 344 g/mol. The van der Waals surface area contributed by atoms with Crippen molar-refractivity contribution in [1.29, 1.82) is 0 Å². The van der Waals surface area contributed by atoms with E-state index in [2.05, 4.69) is 35.6 Å². The van der Waals surface area contributed by atoms with Crippen molar-refractivity contribution in [2.75, 3.05) is 25.0 Å². The van der Waals surface area contributed by atoms with Gasteiger partial charge in [-0.25, -0.2) is 9.97 Å². The average Bonchev–Trinajstić information content (AvgIpc) is 3.29. The second-order valence-corrected chi connectivity index (χ2v) is 8.38. The number of anilines is 1. The fourth-order valence-electron chi connectivity index (χ4n) is 3.35. The number of hydrogen-bond acceptors (Lipinski definition) is 5. The Kier molecular flexibility index (Phi) is 5.61. The van der Waals surface area contributed by atoms with Crippen LogP contribution < -0.4 is 4.90 Å². The van der Waals surface area contributed by atoms with E-state index in [-0.39, 0.29) is 11.9 Å². The molecule has 0 N–H and O–H groups in total. The zero-order chi connectivity index (χ0) is 18.8. The first-order valence-electron chi connectivity index (χ1n) is 9.34. The van der Waals surface area contributed by atoms with E-state index >= 15 is 0 Å². The summed E-state index contributed by atoms with van der Waals surface area (Å²) in [6.45, 7) is 10.4. The highest BCUT2D eigenvalue weighted by Gasteiger charge is 2.27. The molecule has 1 atom stereocenters. The lowest BCUT2D eigenvalue weighted by Crippen LogP contribution is -2.32. The van der Waals surface area contributed by atoms with E-state index < -0.39 is 0 Å². The number of thiazole rings is 1. The maximum atomic E-state index is 13.2. The summed E-state index contributed by atoms with van der Waals surface area (Å²) in [7, 11) is 1.88. The van der Waals surface area contributed by atoms with Crippen LogP contribution in [0.15, 0.2) is 18.3 Å². The molecule has 0 aliphatic carbocycles. The van der Waals surface area contributed by atoms with Gasteiger partial charge in [0.2, 0.25) is 0 Å². The van der Waals surface area contributed by atoms with Gasteiger partial charge in [-0.2, -0.15) is 0 Å². The minimum absolute atomic E-state index is 0.0147. The first kappa shape index (κ1) is 18.8. The van der Waals surface area contributed by atoms with Crippen molar-refractivity contribution < 1.29 is 4.79 Å². The summed E-state index contributed by atoms with van der Waals surface area (Å²) < 4.78 is 0. The Bertz CT molecular complexity index is 780. The normalized spacial score (nSPS) is 15.5. The monoisotopic (exact) mass is 372 g/mol. The Morgan fingerprint density at radius 3 is 2.58 bits per heavy atom. The molecule has 0 radical (unpaired) electrons. The van der Waals surface area contributed by atoms with Crippen LogP contribution in [0.1, 0.15) is 71.5 Å². The first-order chi connectivity index (χ1) is 12.4. The van der Waals surface area contributed by atoms with E-state index in [1.54, 1.807) is 17.5 Å². The van der Waals surface area contributed by atoms with Crippen LogP contribution >= 0.6 is 11.3 Å². The molecule has 2 aromatic rings. The molecule has 1 amide bonds. The molecule has 1 saturated heterocycles. The molecule has 0 saturated carbocycles. The summed E-state index contributed by atoms with van der Waals surface area (Å²) in [4.78, 5) is 27.6. The average molecular weight is 373 g/mol. The zero-order valence-corrected chi connectivity index (χ0v) is 17.1. The fraction of sp³-hybridized carbons (Fsp3) is 0.550. The smallest absolute Gasteiger partial charge is 0.257 e. The number of rotatable bonds is 5. The summed E-state index contributed by atoms with van der Waals surface area (Å²) in [5.41, 5.74) is 1.71. The molecule has 6 heteroatoms. The molecule has 26 heavy (non-hydrogen) atoms. The summed E-state index contributed by atoms with van der Waals surface area (Å²) in [6.07, 6.45) is 4.10. The van der Waals surface area contributed by atoms with Crippen molar-refractivity contribution in [3.8, 4) is 0 Å². The van der Waals surface area contributed by atoms with Gasteiger partial charge in [0, 0.05) is 37.1 Å². The molecular formula is C20H28N4OS. The van der Waals surface area contributed by atoms with Crippen molar-refractivity contribution in [2.24, 2.45) is 0 Å². The third-order valence-electron chi connectivity index (χ3n) is 5.05. The molecule has 3 heterocycles. The number of carbonyl (C=O) groups is 1. The van der Waals surface area contributed by atoms with E-state index in [1.807, 2.05) is 31.0 Å². The van der Waals surface area contributed by atoms with E-state index in [1.165, 1.54) is 0 Å². The van der Waals surface area contributed by atoms with Crippen LogP contribution in [0.5, 0.6) is 0 Å². The van der Waals surface area contributed by atoms with Gasteiger partial charge in [-0.3, -0.25) is 4.79 Å². The van der Waals surface area contributed by atoms with Crippen molar-refractivity contribution in [2.45, 2.75) is 52.5 Å². The molecule has 2 aromatic heterocycles. The summed E-state index contributed by atoms with van der Waals surface area (Å²) in [6, 6.07) is 3.73. The summed E-state index contributed by atoms with van der Waals surface area (Å²) >= 11 is 1.72. The first-order valence-corrected chi connectivity index (χ1v) is 10.2. The lowest BCUT2D eigenvalue weighted by Gasteiger charge is -2.27. The maximum absolute atomic E-state index is 13.2. The number of aromatic nitrogens is 2. The summed E-state index contributed by atoms with van der Waals surface area (Å²) in [5, 5.41) is 1.13. The van der Waals surface area contributed by atoms with E-state index in [9.17, 15) is 4.79 Å². The Morgan fingerprint density at radius 2 is 1.96 bits per heavy atom. The van der Waals surface area contributed by atoms with Gasteiger partial charge in [-0.1, -0.05) is 13.8 Å². The molecule has 1 fully saturated rings. The standard InChI is InChI=1S/C20H28N4OS/c1-13(2)19-22-14(3)17(26-19)15(4)23(5)20(25)16-9-8-10-21-18(16)24-11-6-7-12-24/h8-10,13,15H,6-7,11-12H2,1-5H3. The van der Waals surface area contributed by atoms with Crippen molar-refractivity contribution >= 4 is 23.1 Å². The number of amides is 1. The number of aryl methyl sites for hydroxylation is 1. The van der Waals surface area contributed by atoms with E-state index in [0.717, 1.165) is 47.3 Å². The second kappa shape index (κ2) is 7.74. The third kappa shape index (κ3) is 3.61. The van der Waals surface area contributed by atoms with Crippen LogP contribution in [-0.2, 0) is 0 Å². The van der Waals surface area contributed by atoms with Crippen molar-refractivity contribution in [3.63, 3.8) is 0 Å². The predicted octanol–water partition coefficient (Wildman–Crippen LogP) is 4.40. The lowest BCUT2D eigenvalue weighted by atomic mass is 10.1. The molecule has 3 rings (SSSR count). The Balaban J connectivity index is 1.86. The van der Waals surface area contributed by atoms with Crippen LogP contribution in [-0.4, -0.2) is 40.9 Å². The lowest BCUT2D eigenvalue weighted by molar-refractivity contribution is 0.0745. The van der Waals surface area contributed by atoms with Crippen LogP contribution in [0.25, 0.3) is 0 Å². The highest BCUT2D eigenvalue weighted by atomic mass is 32.1. The van der Waals surface area contributed by atoms with E-state index in [0.29, 0.717) is 11.5 Å². The van der Waals surface area contributed by atoms with Gasteiger partial charge < -0.3 is 9.80 Å². The van der Waals surface area contributed by atoms with Gasteiger partial charge in [0.05, 0.1) is 22.3 Å². The number of nitrogens with zero attached hydrogens (tertiary/aromatic N) is 4. The minimum Gasteiger partial charge on any atom is -0.356 e. The second-order valence-electron chi connectivity index (χ2n) is 7.32. The number of hydrogen-bond donors (Lipinski definition) is 0. The molecule has 1 aliphatic rings. The zero-order valence-electron chi connectivity index (χ0n) is 16.3. The SMILES string of the molecule is Cc1nc(C(C)C)sc1C(C)N(C)C(=O)c1cccnc1N1CCCC1. The molecule has 1 aliphatic heterocycles. The molecule has 0 bridgehead atoms. The Morgan fingerprint density at radius 1 is 1.27 bits per heavy atom. The van der Waals surface area contributed by atoms with E-state index in [4.69, 9.17) is 0 Å². The van der Waals surface area contributed by atoms with Gasteiger partial charge in [0.25, 0.3) is 5.91 Å². The highest BCUT2D eigenvalue weighted by Crippen LogP contribution is 2.33. The van der Waals surface area contributed by atoms with Gasteiger partial charge >= 0.3 is 0 Å². The van der Waals surface area contributed by atoms with Gasteiger partial charge in [0.1, 0.15) is 5.82 Å². The maximum Gasteiger partial charge on any atom is 0.257 e.